The van der Waals surface area contributed by atoms with Crippen LogP contribution in [0.2, 0.25) is 0 Å². The van der Waals surface area contributed by atoms with Gasteiger partial charge < -0.3 is 10.1 Å². The van der Waals surface area contributed by atoms with Gasteiger partial charge in [0.15, 0.2) is 0 Å². The van der Waals surface area contributed by atoms with Gasteiger partial charge in [-0.3, -0.25) is 4.79 Å². The zero-order chi connectivity index (χ0) is 14.1. The van der Waals surface area contributed by atoms with Crippen LogP contribution in [0.25, 0.3) is 0 Å². The molecule has 3 heteroatoms. The van der Waals surface area contributed by atoms with E-state index in [9.17, 15) is 4.79 Å². The van der Waals surface area contributed by atoms with E-state index in [1.807, 2.05) is 26.0 Å². The molecule has 0 unspecified atom stereocenters. The molecule has 1 aromatic carbocycles. The zero-order valence-corrected chi connectivity index (χ0v) is 12.2. The van der Waals surface area contributed by atoms with Gasteiger partial charge in [0.05, 0.1) is 5.92 Å². The molecule has 0 saturated heterocycles. The van der Waals surface area contributed by atoms with Crippen molar-refractivity contribution in [3.8, 4) is 0 Å². The predicted molar refractivity (Wildman–Crippen MR) is 77.9 cm³/mol. The lowest BCUT2D eigenvalue weighted by Crippen LogP contribution is -2.24. The molecule has 0 amide bonds. The van der Waals surface area contributed by atoms with Crippen molar-refractivity contribution in [2.75, 3.05) is 13.2 Å². The Bertz CT molecular complexity index is 386. The zero-order valence-electron chi connectivity index (χ0n) is 12.2. The summed E-state index contributed by atoms with van der Waals surface area (Å²) >= 11 is 0. The molecule has 0 aromatic heterocycles. The van der Waals surface area contributed by atoms with Crippen molar-refractivity contribution in [2.45, 2.75) is 40.2 Å². The highest BCUT2D eigenvalue weighted by Crippen LogP contribution is 2.09. The van der Waals surface area contributed by atoms with Gasteiger partial charge in [0.2, 0.25) is 0 Å². The van der Waals surface area contributed by atoms with Crippen molar-refractivity contribution in [1.29, 1.82) is 0 Å². The van der Waals surface area contributed by atoms with Gasteiger partial charge in [-0.2, -0.15) is 0 Å². The van der Waals surface area contributed by atoms with Crippen LogP contribution in [-0.2, 0) is 16.1 Å². The minimum Gasteiger partial charge on any atom is -0.464 e. The fourth-order valence-electron chi connectivity index (χ4n) is 2.00. The van der Waals surface area contributed by atoms with Gasteiger partial charge in [-0.1, -0.05) is 38.1 Å². The molecular formula is C16H25NO2. The molecule has 106 valence electrons. The van der Waals surface area contributed by atoms with Crippen LogP contribution in [-0.4, -0.2) is 19.1 Å². The number of benzene rings is 1. The Morgan fingerprint density at radius 1 is 1.26 bits per heavy atom. The number of rotatable bonds is 8. The van der Waals surface area contributed by atoms with Gasteiger partial charge in [0, 0.05) is 13.1 Å². The number of carbonyl (C=O) groups is 1. The molecule has 0 saturated carbocycles. The maximum Gasteiger partial charge on any atom is 0.308 e. The Kier molecular flexibility index (Phi) is 7.19. The Hall–Kier alpha value is -1.35. The highest BCUT2D eigenvalue weighted by Gasteiger charge is 2.14. The molecule has 3 nitrogen and oxygen atoms in total. The molecule has 0 atom stereocenters. The summed E-state index contributed by atoms with van der Waals surface area (Å²) in [5, 5.41) is 3.30. The van der Waals surface area contributed by atoms with E-state index in [1.54, 1.807) is 0 Å². The van der Waals surface area contributed by atoms with Gasteiger partial charge in [-0.25, -0.2) is 0 Å². The second-order valence-electron chi connectivity index (χ2n) is 4.78. The van der Waals surface area contributed by atoms with E-state index in [0.29, 0.717) is 13.2 Å². The molecule has 1 N–H and O–H groups in total. The van der Waals surface area contributed by atoms with Crippen molar-refractivity contribution < 1.29 is 9.53 Å². The molecule has 1 aromatic rings. The Labute approximate surface area is 116 Å². The molecule has 19 heavy (non-hydrogen) atoms. The molecule has 0 bridgehead atoms. The first-order valence-electron chi connectivity index (χ1n) is 7.10. The summed E-state index contributed by atoms with van der Waals surface area (Å²) in [7, 11) is 0. The molecule has 1 rings (SSSR count). The summed E-state index contributed by atoms with van der Waals surface area (Å²) in [6, 6.07) is 8.29. The lowest BCUT2D eigenvalue weighted by atomic mass is 10.0. The number of esters is 1. The van der Waals surface area contributed by atoms with Crippen LogP contribution in [0.4, 0.5) is 0 Å². The van der Waals surface area contributed by atoms with E-state index in [4.69, 9.17) is 4.74 Å². The fraction of sp³-hybridized carbons (Fsp3) is 0.562. The third-order valence-corrected chi connectivity index (χ3v) is 3.42. The van der Waals surface area contributed by atoms with Gasteiger partial charge in [0.1, 0.15) is 6.61 Å². The molecule has 0 aliphatic rings. The second-order valence-corrected chi connectivity index (χ2v) is 4.78. The fourth-order valence-corrected chi connectivity index (χ4v) is 2.00. The maximum absolute atomic E-state index is 11.6. The minimum absolute atomic E-state index is 0.0522. The van der Waals surface area contributed by atoms with Crippen LogP contribution in [0.3, 0.4) is 0 Å². The standard InChI is InChI=1S/C16H25NO2/c1-4-14(5-2)16(18)19-11-10-17-12-15-9-7-6-8-13(15)3/h6-9,14,17H,4-5,10-12H2,1-3H3. The number of hydrogen-bond donors (Lipinski definition) is 1. The first-order chi connectivity index (χ1) is 9.19. The first-order valence-corrected chi connectivity index (χ1v) is 7.10. The van der Waals surface area contributed by atoms with Crippen LogP contribution in [0.5, 0.6) is 0 Å². The second kappa shape index (κ2) is 8.70. The summed E-state index contributed by atoms with van der Waals surface area (Å²) in [4.78, 5) is 11.6. The van der Waals surface area contributed by atoms with Crippen molar-refractivity contribution >= 4 is 5.97 Å². The number of ether oxygens (including phenoxy) is 1. The highest BCUT2D eigenvalue weighted by atomic mass is 16.5. The van der Waals surface area contributed by atoms with Gasteiger partial charge in [0.25, 0.3) is 0 Å². The molecule has 0 fully saturated rings. The van der Waals surface area contributed by atoms with E-state index in [-0.39, 0.29) is 11.9 Å². The highest BCUT2D eigenvalue weighted by molar-refractivity contribution is 5.72. The predicted octanol–water partition coefficient (Wildman–Crippen LogP) is 3.06. The Morgan fingerprint density at radius 2 is 1.95 bits per heavy atom. The van der Waals surface area contributed by atoms with Crippen molar-refractivity contribution in [3.63, 3.8) is 0 Å². The van der Waals surface area contributed by atoms with Crippen LogP contribution in [0, 0.1) is 12.8 Å². The van der Waals surface area contributed by atoms with Gasteiger partial charge in [-0.15, -0.1) is 0 Å². The molecule has 0 aliphatic heterocycles. The monoisotopic (exact) mass is 263 g/mol. The third kappa shape index (κ3) is 5.43. The van der Waals surface area contributed by atoms with Crippen LogP contribution in [0.15, 0.2) is 24.3 Å². The van der Waals surface area contributed by atoms with E-state index >= 15 is 0 Å². The average Bonchev–Trinajstić information content (AvgIpc) is 2.42. The topological polar surface area (TPSA) is 38.3 Å². The van der Waals surface area contributed by atoms with E-state index in [0.717, 1.165) is 19.4 Å². The van der Waals surface area contributed by atoms with E-state index < -0.39 is 0 Å². The molecular weight excluding hydrogens is 238 g/mol. The van der Waals surface area contributed by atoms with Crippen molar-refractivity contribution in [2.24, 2.45) is 5.92 Å². The molecule has 0 radical (unpaired) electrons. The first kappa shape index (κ1) is 15.7. The molecule has 0 aliphatic carbocycles. The lowest BCUT2D eigenvalue weighted by Gasteiger charge is -2.12. The number of nitrogens with one attached hydrogen (secondary N) is 1. The quantitative estimate of drug-likeness (QED) is 0.578. The van der Waals surface area contributed by atoms with E-state index in [1.165, 1.54) is 11.1 Å². The summed E-state index contributed by atoms with van der Waals surface area (Å²) in [5.41, 5.74) is 2.57. The maximum atomic E-state index is 11.6. The Morgan fingerprint density at radius 3 is 2.58 bits per heavy atom. The van der Waals surface area contributed by atoms with Crippen molar-refractivity contribution in [1.82, 2.24) is 5.32 Å². The smallest absolute Gasteiger partial charge is 0.308 e. The molecule has 0 spiro atoms. The normalized spacial score (nSPS) is 10.7. The van der Waals surface area contributed by atoms with Crippen LogP contribution < -0.4 is 5.32 Å². The largest absolute Gasteiger partial charge is 0.464 e. The molecule has 0 heterocycles. The third-order valence-electron chi connectivity index (χ3n) is 3.42. The summed E-state index contributed by atoms with van der Waals surface area (Å²) in [5.74, 6) is -0.0148. The van der Waals surface area contributed by atoms with Crippen LogP contribution in [0.1, 0.15) is 37.8 Å². The van der Waals surface area contributed by atoms with Gasteiger partial charge >= 0.3 is 5.97 Å². The number of hydrogen-bond acceptors (Lipinski definition) is 3. The Balaban J connectivity index is 2.18. The van der Waals surface area contributed by atoms with E-state index in [2.05, 4.69) is 24.4 Å². The SMILES string of the molecule is CCC(CC)C(=O)OCCNCc1ccccc1C. The number of aryl methyl sites for hydroxylation is 1. The summed E-state index contributed by atoms with van der Waals surface area (Å²) < 4.78 is 5.25. The number of carbonyl (C=O) groups excluding carboxylic acids is 1. The minimum atomic E-state index is -0.0670. The summed E-state index contributed by atoms with van der Waals surface area (Å²) in [6.07, 6.45) is 1.71. The average molecular weight is 263 g/mol. The lowest BCUT2D eigenvalue weighted by molar-refractivity contribution is -0.148. The van der Waals surface area contributed by atoms with Crippen molar-refractivity contribution in [3.05, 3.63) is 35.4 Å². The van der Waals surface area contributed by atoms with Crippen LogP contribution >= 0.6 is 0 Å². The van der Waals surface area contributed by atoms with Gasteiger partial charge in [-0.05, 0) is 30.9 Å². The summed E-state index contributed by atoms with van der Waals surface area (Å²) in [6.45, 7) is 8.10.